The van der Waals surface area contributed by atoms with Crippen LogP contribution in [-0.4, -0.2) is 20.2 Å². The van der Waals surface area contributed by atoms with Gasteiger partial charge in [0.05, 0.1) is 26.5 Å². The first-order chi connectivity index (χ1) is 10.6. The summed E-state index contributed by atoms with van der Waals surface area (Å²) >= 11 is 0. The summed E-state index contributed by atoms with van der Waals surface area (Å²) in [5, 5.41) is 2.95. The molecule has 0 unspecified atom stereocenters. The van der Waals surface area contributed by atoms with E-state index in [1.54, 1.807) is 44.6 Å². The number of nitrogens with zero attached hydrogens (tertiary/aromatic N) is 1. The molecule has 0 amide bonds. The second-order valence-corrected chi connectivity index (χ2v) is 4.52. The molecule has 0 aliphatic rings. The van der Waals surface area contributed by atoms with Crippen LogP contribution in [0.2, 0.25) is 0 Å². The predicted molar refractivity (Wildman–Crippen MR) is 100 cm³/mol. The van der Waals surface area contributed by atoms with Crippen molar-refractivity contribution in [2.45, 2.75) is 6.54 Å². The van der Waals surface area contributed by atoms with Gasteiger partial charge in [0.25, 0.3) is 0 Å². The van der Waals surface area contributed by atoms with Crippen LogP contribution in [0.15, 0.2) is 47.5 Å². The zero-order valence-corrected chi connectivity index (χ0v) is 15.2. The highest BCUT2D eigenvalue weighted by Crippen LogP contribution is 2.28. The van der Waals surface area contributed by atoms with Crippen LogP contribution in [-0.2, 0) is 6.54 Å². The Hall–Kier alpha value is -2.03. The number of nitrogens with two attached hydrogens (primary N) is 1. The lowest BCUT2D eigenvalue weighted by Gasteiger charge is -2.12. The van der Waals surface area contributed by atoms with Crippen LogP contribution in [0.4, 0.5) is 10.1 Å². The first kappa shape index (κ1) is 19.0. The summed E-state index contributed by atoms with van der Waals surface area (Å²) in [5.41, 5.74) is 7.23. The highest BCUT2D eigenvalue weighted by molar-refractivity contribution is 14.0. The predicted octanol–water partition coefficient (Wildman–Crippen LogP) is 3.39. The molecule has 0 fully saturated rings. The number of hydrogen-bond acceptors (Lipinski definition) is 3. The Labute approximate surface area is 151 Å². The smallest absolute Gasteiger partial charge is 0.193 e. The molecule has 0 heterocycles. The quantitative estimate of drug-likeness (QED) is 0.433. The molecule has 0 radical (unpaired) electrons. The van der Waals surface area contributed by atoms with Gasteiger partial charge in [0.15, 0.2) is 5.96 Å². The van der Waals surface area contributed by atoms with E-state index in [1.165, 1.54) is 12.1 Å². The molecule has 7 heteroatoms. The van der Waals surface area contributed by atoms with Crippen LogP contribution in [0.5, 0.6) is 11.5 Å². The molecule has 0 spiro atoms. The molecule has 0 aliphatic carbocycles. The average molecular weight is 431 g/mol. The van der Waals surface area contributed by atoms with E-state index in [-0.39, 0.29) is 42.3 Å². The van der Waals surface area contributed by atoms with E-state index in [0.717, 1.165) is 5.56 Å². The molecule has 3 N–H and O–H groups in total. The fourth-order valence-corrected chi connectivity index (χ4v) is 1.90. The summed E-state index contributed by atoms with van der Waals surface area (Å²) in [5.74, 6) is 1.19. The van der Waals surface area contributed by atoms with Gasteiger partial charge in [-0.25, -0.2) is 9.38 Å². The van der Waals surface area contributed by atoms with Gasteiger partial charge in [-0.15, -0.1) is 24.0 Å². The summed E-state index contributed by atoms with van der Waals surface area (Å²) in [6.07, 6.45) is 0. The number of anilines is 1. The summed E-state index contributed by atoms with van der Waals surface area (Å²) < 4.78 is 23.5. The molecular weight excluding hydrogens is 412 g/mol. The molecule has 5 nitrogen and oxygen atoms in total. The van der Waals surface area contributed by atoms with E-state index in [2.05, 4.69) is 10.3 Å². The van der Waals surface area contributed by atoms with E-state index >= 15 is 0 Å². The van der Waals surface area contributed by atoms with Crippen molar-refractivity contribution in [3.05, 3.63) is 53.8 Å². The Morgan fingerprint density at radius 3 is 2.61 bits per heavy atom. The zero-order chi connectivity index (χ0) is 15.9. The second kappa shape index (κ2) is 9.19. The Balaban J connectivity index is 0.00000264. The lowest BCUT2D eigenvalue weighted by atomic mass is 10.2. The number of nitrogens with one attached hydrogen (secondary N) is 1. The van der Waals surface area contributed by atoms with E-state index < -0.39 is 0 Å². The zero-order valence-electron chi connectivity index (χ0n) is 12.9. The van der Waals surface area contributed by atoms with E-state index in [1.807, 2.05) is 0 Å². The number of ether oxygens (including phenoxy) is 2. The lowest BCUT2D eigenvalue weighted by Crippen LogP contribution is -2.23. The van der Waals surface area contributed by atoms with Crippen molar-refractivity contribution >= 4 is 35.6 Å². The highest BCUT2D eigenvalue weighted by atomic mass is 127. The standard InChI is InChI=1S/C16H18FN3O2.HI/c1-21-13-6-7-15(22-2)14(9-13)20-16(18)19-10-11-4-3-5-12(17)8-11;/h3-9H,10H2,1-2H3,(H3,18,19,20);1H. The van der Waals surface area contributed by atoms with Crippen molar-refractivity contribution in [3.63, 3.8) is 0 Å². The minimum absolute atomic E-state index is 0. The summed E-state index contributed by atoms with van der Waals surface area (Å²) in [4.78, 5) is 4.18. The topological polar surface area (TPSA) is 68.9 Å². The molecule has 0 saturated heterocycles. The SMILES string of the molecule is COc1ccc(OC)c(NC(N)=NCc2cccc(F)c2)c1.I. The number of rotatable bonds is 5. The molecule has 0 aromatic heterocycles. The molecule has 124 valence electrons. The van der Waals surface area contributed by atoms with Gasteiger partial charge in [-0.2, -0.15) is 0 Å². The fraction of sp³-hybridized carbons (Fsp3) is 0.188. The molecule has 2 aromatic rings. The van der Waals surface area contributed by atoms with Crippen LogP contribution < -0.4 is 20.5 Å². The molecule has 0 aliphatic heterocycles. The van der Waals surface area contributed by atoms with Crippen molar-refractivity contribution in [2.75, 3.05) is 19.5 Å². The second-order valence-electron chi connectivity index (χ2n) is 4.52. The Kier molecular flexibility index (Phi) is 7.60. The third kappa shape index (κ3) is 5.59. The third-order valence-corrected chi connectivity index (χ3v) is 2.99. The van der Waals surface area contributed by atoms with Crippen molar-refractivity contribution < 1.29 is 13.9 Å². The molecule has 23 heavy (non-hydrogen) atoms. The van der Waals surface area contributed by atoms with Crippen LogP contribution >= 0.6 is 24.0 Å². The Morgan fingerprint density at radius 2 is 1.96 bits per heavy atom. The maximum absolute atomic E-state index is 13.1. The molecule has 0 bridgehead atoms. The number of halogens is 2. The maximum Gasteiger partial charge on any atom is 0.193 e. The molecule has 2 rings (SSSR count). The normalized spacial score (nSPS) is 10.7. The number of hydrogen-bond donors (Lipinski definition) is 2. The van der Waals surface area contributed by atoms with E-state index in [9.17, 15) is 4.39 Å². The summed E-state index contributed by atoms with van der Waals surface area (Å²) in [7, 11) is 3.14. The van der Waals surface area contributed by atoms with Gasteiger partial charge in [-0.05, 0) is 29.8 Å². The highest BCUT2D eigenvalue weighted by Gasteiger charge is 2.06. The first-order valence-electron chi connectivity index (χ1n) is 6.66. The number of aliphatic imine (C=N–C) groups is 1. The van der Waals surface area contributed by atoms with Crippen molar-refractivity contribution in [3.8, 4) is 11.5 Å². The Morgan fingerprint density at radius 1 is 1.17 bits per heavy atom. The van der Waals surface area contributed by atoms with Gasteiger partial charge in [-0.1, -0.05) is 12.1 Å². The van der Waals surface area contributed by atoms with Gasteiger partial charge in [-0.3, -0.25) is 0 Å². The van der Waals surface area contributed by atoms with Crippen molar-refractivity contribution in [2.24, 2.45) is 10.7 Å². The number of methoxy groups -OCH3 is 2. The maximum atomic E-state index is 13.1. The van der Waals surface area contributed by atoms with Gasteiger partial charge >= 0.3 is 0 Å². The molecular formula is C16H19FIN3O2. The molecule has 0 saturated carbocycles. The minimum Gasteiger partial charge on any atom is -0.497 e. The van der Waals surface area contributed by atoms with Gasteiger partial charge in [0.2, 0.25) is 0 Å². The van der Waals surface area contributed by atoms with Gasteiger partial charge in [0.1, 0.15) is 17.3 Å². The summed E-state index contributed by atoms with van der Waals surface area (Å²) in [6.45, 7) is 0.281. The average Bonchev–Trinajstić information content (AvgIpc) is 2.53. The van der Waals surface area contributed by atoms with Crippen LogP contribution in [0.1, 0.15) is 5.56 Å². The first-order valence-corrected chi connectivity index (χ1v) is 6.66. The number of benzene rings is 2. The number of guanidine groups is 1. The van der Waals surface area contributed by atoms with Crippen LogP contribution in [0.3, 0.4) is 0 Å². The van der Waals surface area contributed by atoms with Gasteiger partial charge in [0, 0.05) is 6.07 Å². The molecule has 2 aromatic carbocycles. The van der Waals surface area contributed by atoms with E-state index in [4.69, 9.17) is 15.2 Å². The monoisotopic (exact) mass is 431 g/mol. The largest absolute Gasteiger partial charge is 0.497 e. The van der Waals surface area contributed by atoms with Crippen molar-refractivity contribution in [1.82, 2.24) is 0 Å². The lowest BCUT2D eigenvalue weighted by molar-refractivity contribution is 0.405. The van der Waals surface area contributed by atoms with Crippen LogP contribution in [0, 0.1) is 5.82 Å². The third-order valence-electron chi connectivity index (χ3n) is 2.99. The van der Waals surface area contributed by atoms with Crippen LogP contribution in [0.25, 0.3) is 0 Å². The summed E-state index contributed by atoms with van der Waals surface area (Å²) in [6, 6.07) is 11.5. The molecule has 0 atom stereocenters. The Bertz CT molecular complexity index is 680. The minimum atomic E-state index is -0.298. The fourth-order valence-electron chi connectivity index (χ4n) is 1.90. The van der Waals surface area contributed by atoms with Gasteiger partial charge < -0.3 is 20.5 Å². The van der Waals surface area contributed by atoms with E-state index in [0.29, 0.717) is 17.2 Å². The van der Waals surface area contributed by atoms with Crippen molar-refractivity contribution in [1.29, 1.82) is 0 Å².